The Kier molecular flexibility index (Phi) is 5.08. The monoisotopic (exact) mass is 279 g/mol. The number of rotatable bonds is 6. The predicted molar refractivity (Wildman–Crippen MR) is 68.2 cm³/mol. The van der Waals surface area contributed by atoms with Crippen LogP contribution in [-0.2, 0) is 14.3 Å². The molecule has 0 heterocycles. The van der Waals surface area contributed by atoms with Gasteiger partial charge in [0.05, 0.1) is 17.1 Å². The summed E-state index contributed by atoms with van der Waals surface area (Å²) in [4.78, 5) is 45.4. The SMILES string of the molecule is CCOC(=O)[C@H](C(C)=O)C(=O)c1ccccc1[N+](=O)[O-]. The van der Waals surface area contributed by atoms with Gasteiger partial charge in [-0.1, -0.05) is 12.1 Å². The lowest BCUT2D eigenvalue weighted by Crippen LogP contribution is -2.32. The van der Waals surface area contributed by atoms with E-state index in [0.717, 1.165) is 13.0 Å². The van der Waals surface area contributed by atoms with Crippen molar-refractivity contribution in [1.82, 2.24) is 0 Å². The van der Waals surface area contributed by atoms with Gasteiger partial charge in [0.2, 0.25) is 0 Å². The van der Waals surface area contributed by atoms with Crippen molar-refractivity contribution in [3.8, 4) is 0 Å². The molecule has 1 rings (SSSR count). The second kappa shape index (κ2) is 6.55. The first-order valence-electron chi connectivity index (χ1n) is 5.84. The standard InChI is InChI=1S/C13H13NO6/c1-3-20-13(17)11(8(2)15)12(16)9-6-4-5-7-10(9)14(18)19/h4-7,11H,3H2,1-2H3/t11-/m1/s1. The fourth-order valence-electron chi connectivity index (χ4n) is 1.68. The van der Waals surface area contributed by atoms with Crippen molar-refractivity contribution in [2.45, 2.75) is 13.8 Å². The number of nitro groups is 1. The van der Waals surface area contributed by atoms with Crippen LogP contribution in [0.1, 0.15) is 24.2 Å². The lowest BCUT2D eigenvalue weighted by molar-refractivity contribution is -0.385. The first-order valence-corrected chi connectivity index (χ1v) is 5.84. The average Bonchev–Trinajstić information content (AvgIpc) is 2.38. The highest BCUT2D eigenvalue weighted by Gasteiger charge is 2.36. The van der Waals surface area contributed by atoms with E-state index in [1.54, 1.807) is 0 Å². The van der Waals surface area contributed by atoms with Crippen molar-refractivity contribution >= 4 is 23.2 Å². The van der Waals surface area contributed by atoms with E-state index in [1.807, 2.05) is 0 Å². The number of carbonyl (C=O) groups excluding carboxylic acids is 3. The van der Waals surface area contributed by atoms with Gasteiger partial charge in [-0.25, -0.2) is 0 Å². The molecule has 0 fully saturated rings. The van der Waals surface area contributed by atoms with E-state index in [2.05, 4.69) is 4.74 Å². The van der Waals surface area contributed by atoms with Crippen LogP contribution in [0.4, 0.5) is 5.69 Å². The fourth-order valence-corrected chi connectivity index (χ4v) is 1.68. The Balaban J connectivity index is 3.23. The first kappa shape index (κ1) is 15.5. The maximum atomic E-state index is 12.2. The van der Waals surface area contributed by atoms with Crippen LogP contribution in [0.3, 0.4) is 0 Å². The number of Topliss-reactive ketones (excluding diaryl/α,β-unsaturated/α-hetero) is 2. The summed E-state index contributed by atoms with van der Waals surface area (Å²) in [6.07, 6.45) is 0. The lowest BCUT2D eigenvalue weighted by Gasteiger charge is -2.11. The number of hydrogen-bond donors (Lipinski definition) is 0. The number of ketones is 2. The molecule has 0 aliphatic heterocycles. The maximum Gasteiger partial charge on any atom is 0.324 e. The van der Waals surface area contributed by atoms with E-state index in [0.29, 0.717) is 0 Å². The van der Waals surface area contributed by atoms with Crippen molar-refractivity contribution in [1.29, 1.82) is 0 Å². The minimum Gasteiger partial charge on any atom is -0.465 e. The van der Waals surface area contributed by atoms with Gasteiger partial charge in [0, 0.05) is 6.07 Å². The Hall–Kier alpha value is -2.57. The van der Waals surface area contributed by atoms with Crippen LogP contribution in [-0.4, -0.2) is 29.1 Å². The molecule has 0 amide bonds. The largest absolute Gasteiger partial charge is 0.465 e. The maximum absolute atomic E-state index is 12.2. The summed E-state index contributed by atoms with van der Waals surface area (Å²) >= 11 is 0. The van der Waals surface area contributed by atoms with Crippen LogP contribution in [0.5, 0.6) is 0 Å². The van der Waals surface area contributed by atoms with Crippen molar-refractivity contribution in [3.05, 3.63) is 39.9 Å². The number of benzene rings is 1. The Labute approximate surface area is 114 Å². The molecule has 7 heteroatoms. The first-order chi connectivity index (χ1) is 9.40. The Morgan fingerprint density at radius 2 is 1.90 bits per heavy atom. The molecule has 0 unspecified atom stereocenters. The highest BCUT2D eigenvalue weighted by atomic mass is 16.6. The van der Waals surface area contributed by atoms with Gasteiger partial charge in [0.25, 0.3) is 5.69 Å². The van der Waals surface area contributed by atoms with Gasteiger partial charge in [-0.15, -0.1) is 0 Å². The summed E-state index contributed by atoms with van der Waals surface area (Å²) < 4.78 is 4.66. The third kappa shape index (κ3) is 3.25. The zero-order chi connectivity index (χ0) is 15.3. The zero-order valence-electron chi connectivity index (χ0n) is 11.0. The molecule has 0 N–H and O–H groups in total. The molecular weight excluding hydrogens is 266 g/mol. The molecule has 0 aliphatic carbocycles. The molecule has 0 saturated heterocycles. The summed E-state index contributed by atoms with van der Waals surface area (Å²) in [6, 6.07) is 5.15. The van der Waals surface area contributed by atoms with Crippen LogP contribution in [0, 0.1) is 16.0 Å². The summed E-state index contributed by atoms with van der Waals surface area (Å²) in [5.41, 5.74) is -0.737. The third-order valence-corrected chi connectivity index (χ3v) is 2.56. The highest BCUT2D eigenvalue weighted by Crippen LogP contribution is 2.22. The molecule has 106 valence electrons. The van der Waals surface area contributed by atoms with E-state index >= 15 is 0 Å². The van der Waals surface area contributed by atoms with Crippen molar-refractivity contribution in [2.75, 3.05) is 6.61 Å². The number of para-hydroxylation sites is 1. The number of hydrogen-bond acceptors (Lipinski definition) is 6. The summed E-state index contributed by atoms with van der Waals surface area (Å²) in [7, 11) is 0. The molecule has 20 heavy (non-hydrogen) atoms. The molecule has 0 bridgehead atoms. The van der Waals surface area contributed by atoms with E-state index < -0.39 is 34.1 Å². The van der Waals surface area contributed by atoms with Gasteiger partial charge in [-0.3, -0.25) is 24.5 Å². The van der Waals surface area contributed by atoms with Crippen LogP contribution in [0.25, 0.3) is 0 Å². The molecule has 0 saturated carbocycles. The smallest absolute Gasteiger partial charge is 0.324 e. The number of esters is 1. The molecule has 0 spiro atoms. The van der Waals surface area contributed by atoms with Crippen LogP contribution in [0.2, 0.25) is 0 Å². The fraction of sp³-hybridized carbons (Fsp3) is 0.308. The van der Waals surface area contributed by atoms with Gasteiger partial charge < -0.3 is 4.74 Å². The molecule has 1 aromatic carbocycles. The quantitative estimate of drug-likeness (QED) is 0.257. The Morgan fingerprint density at radius 3 is 2.40 bits per heavy atom. The summed E-state index contributed by atoms with van der Waals surface area (Å²) in [6.45, 7) is 2.60. The normalized spacial score (nSPS) is 11.5. The molecule has 1 atom stereocenters. The van der Waals surface area contributed by atoms with Gasteiger partial charge >= 0.3 is 5.97 Å². The van der Waals surface area contributed by atoms with Crippen molar-refractivity contribution in [3.63, 3.8) is 0 Å². The number of nitrogens with zero attached hydrogens (tertiary/aromatic N) is 1. The number of carbonyl (C=O) groups is 3. The van der Waals surface area contributed by atoms with Crippen molar-refractivity contribution < 1.29 is 24.0 Å². The second-order valence-electron chi connectivity index (χ2n) is 3.93. The third-order valence-electron chi connectivity index (χ3n) is 2.56. The Morgan fingerprint density at radius 1 is 1.30 bits per heavy atom. The van der Waals surface area contributed by atoms with Gasteiger partial charge in [0.1, 0.15) is 0 Å². The van der Waals surface area contributed by atoms with Crippen molar-refractivity contribution in [2.24, 2.45) is 5.92 Å². The molecule has 1 aromatic rings. The zero-order valence-corrected chi connectivity index (χ0v) is 11.0. The minimum absolute atomic E-state index is 0.00672. The van der Waals surface area contributed by atoms with E-state index in [4.69, 9.17) is 0 Å². The Bertz CT molecular complexity index is 566. The average molecular weight is 279 g/mol. The lowest BCUT2D eigenvalue weighted by atomic mass is 9.93. The molecule has 0 aromatic heterocycles. The van der Waals surface area contributed by atoms with Gasteiger partial charge in [-0.2, -0.15) is 0 Å². The van der Waals surface area contributed by atoms with Gasteiger partial charge in [-0.05, 0) is 19.9 Å². The van der Waals surface area contributed by atoms with Crippen LogP contribution < -0.4 is 0 Å². The summed E-state index contributed by atoms with van der Waals surface area (Å²) in [5.74, 6) is -4.31. The second-order valence-corrected chi connectivity index (χ2v) is 3.93. The summed E-state index contributed by atoms with van der Waals surface area (Å²) in [5, 5.41) is 10.9. The molecule has 0 radical (unpaired) electrons. The molecular formula is C13H13NO6. The predicted octanol–water partition coefficient (Wildman–Crippen LogP) is 1.55. The molecule has 0 aliphatic rings. The minimum atomic E-state index is -1.67. The topological polar surface area (TPSA) is 104 Å². The van der Waals surface area contributed by atoms with Crippen LogP contribution >= 0.6 is 0 Å². The van der Waals surface area contributed by atoms with Crippen LogP contribution in [0.15, 0.2) is 24.3 Å². The van der Waals surface area contributed by atoms with E-state index in [-0.39, 0.29) is 12.2 Å². The number of nitro benzene ring substituents is 1. The van der Waals surface area contributed by atoms with Gasteiger partial charge in [0.15, 0.2) is 17.5 Å². The number of ether oxygens (including phenoxy) is 1. The van der Waals surface area contributed by atoms with E-state index in [1.165, 1.54) is 25.1 Å². The highest BCUT2D eigenvalue weighted by molar-refractivity contribution is 6.23. The molecule has 7 nitrogen and oxygen atoms in total. The van der Waals surface area contributed by atoms with E-state index in [9.17, 15) is 24.5 Å².